The molecule has 0 aromatic rings. The quantitative estimate of drug-likeness (QED) is 0.483. The first-order valence-corrected chi connectivity index (χ1v) is 6.98. The van der Waals surface area contributed by atoms with Crippen molar-refractivity contribution in [3.8, 4) is 0 Å². The van der Waals surface area contributed by atoms with Crippen molar-refractivity contribution < 1.29 is 9.53 Å². The molecular weight excluding hydrogens is 200 g/mol. The molecule has 1 rings (SSSR count). The lowest BCUT2D eigenvalue weighted by molar-refractivity contribution is -0.143. The Morgan fingerprint density at radius 3 is 2.62 bits per heavy atom. The number of esters is 1. The molecule has 1 saturated carbocycles. The first-order chi connectivity index (χ1) is 7.83. The smallest absolute Gasteiger partial charge is 0.305 e. The van der Waals surface area contributed by atoms with E-state index in [1.165, 1.54) is 38.5 Å². The number of hydrogen-bond acceptors (Lipinski definition) is 2. The maximum absolute atomic E-state index is 11.3. The largest absolute Gasteiger partial charge is 0.466 e. The summed E-state index contributed by atoms with van der Waals surface area (Å²) in [6, 6.07) is 0. The summed E-state index contributed by atoms with van der Waals surface area (Å²) in [4.78, 5) is 11.3. The Balaban J connectivity index is 1.94. The zero-order chi connectivity index (χ0) is 11.6. The zero-order valence-corrected chi connectivity index (χ0v) is 10.7. The summed E-state index contributed by atoms with van der Waals surface area (Å²) in [6.45, 7) is 2.72. The van der Waals surface area contributed by atoms with Crippen LogP contribution in [0.25, 0.3) is 0 Å². The molecular formula is C14H26O2. The van der Waals surface area contributed by atoms with Gasteiger partial charge in [0.25, 0.3) is 0 Å². The summed E-state index contributed by atoms with van der Waals surface area (Å²) in [5.41, 5.74) is 0. The fourth-order valence-corrected chi connectivity index (χ4v) is 2.41. The first kappa shape index (κ1) is 13.5. The van der Waals surface area contributed by atoms with Crippen LogP contribution in [0.2, 0.25) is 0 Å². The summed E-state index contributed by atoms with van der Waals surface area (Å²) < 4.78 is 5.13. The molecule has 0 N–H and O–H groups in total. The number of hydrogen-bond donors (Lipinski definition) is 0. The Morgan fingerprint density at radius 2 is 1.94 bits per heavy atom. The Labute approximate surface area is 99.8 Å². The standard InChI is InChI=1S/C14H26O2/c1-2-3-12-16-14(15)11-7-10-13-8-5-4-6-9-13/h13H,2-12H2,1H3. The van der Waals surface area contributed by atoms with E-state index in [4.69, 9.17) is 4.74 Å². The van der Waals surface area contributed by atoms with Crippen molar-refractivity contribution >= 4 is 5.97 Å². The van der Waals surface area contributed by atoms with Crippen LogP contribution in [-0.4, -0.2) is 12.6 Å². The highest BCUT2D eigenvalue weighted by atomic mass is 16.5. The molecule has 1 aliphatic carbocycles. The second kappa shape index (κ2) is 8.60. The highest BCUT2D eigenvalue weighted by Gasteiger charge is 2.13. The van der Waals surface area contributed by atoms with Crippen molar-refractivity contribution in [2.45, 2.75) is 71.1 Å². The second-order valence-corrected chi connectivity index (χ2v) is 4.97. The maximum Gasteiger partial charge on any atom is 0.305 e. The third-order valence-electron chi connectivity index (χ3n) is 3.48. The molecule has 0 saturated heterocycles. The predicted molar refractivity (Wildman–Crippen MR) is 66.3 cm³/mol. The lowest BCUT2D eigenvalue weighted by Gasteiger charge is -2.20. The van der Waals surface area contributed by atoms with Gasteiger partial charge in [0.05, 0.1) is 6.61 Å². The Bertz CT molecular complexity index is 183. The molecule has 0 unspecified atom stereocenters. The topological polar surface area (TPSA) is 26.3 Å². The Morgan fingerprint density at radius 1 is 1.19 bits per heavy atom. The van der Waals surface area contributed by atoms with Crippen molar-refractivity contribution in [1.82, 2.24) is 0 Å². The molecule has 0 bridgehead atoms. The van der Waals surface area contributed by atoms with E-state index < -0.39 is 0 Å². The van der Waals surface area contributed by atoms with Gasteiger partial charge in [-0.05, 0) is 25.2 Å². The average Bonchev–Trinajstić information content (AvgIpc) is 2.31. The van der Waals surface area contributed by atoms with E-state index >= 15 is 0 Å². The maximum atomic E-state index is 11.3. The summed E-state index contributed by atoms with van der Waals surface area (Å²) in [6.07, 6.45) is 11.9. The van der Waals surface area contributed by atoms with Crippen molar-refractivity contribution in [1.29, 1.82) is 0 Å². The number of ether oxygens (including phenoxy) is 1. The van der Waals surface area contributed by atoms with E-state index in [1.807, 2.05) is 0 Å². The normalized spacial score (nSPS) is 17.3. The molecule has 0 amide bonds. The van der Waals surface area contributed by atoms with Crippen LogP contribution in [0.3, 0.4) is 0 Å². The summed E-state index contributed by atoms with van der Waals surface area (Å²) in [7, 11) is 0. The molecule has 16 heavy (non-hydrogen) atoms. The molecule has 1 aliphatic rings. The van der Waals surface area contributed by atoms with E-state index in [9.17, 15) is 4.79 Å². The number of rotatable bonds is 7. The van der Waals surface area contributed by atoms with Crippen LogP contribution in [0.5, 0.6) is 0 Å². The molecule has 0 heterocycles. The van der Waals surface area contributed by atoms with Crippen LogP contribution in [-0.2, 0) is 9.53 Å². The van der Waals surface area contributed by atoms with Gasteiger partial charge in [0.15, 0.2) is 0 Å². The molecule has 1 fully saturated rings. The fourth-order valence-electron chi connectivity index (χ4n) is 2.41. The van der Waals surface area contributed by atoms with Gasteiger partial charge >= 0.3 is 5.97 Å². The molecule has 0 atom stereocenters. The van der Waals surface area contributed by atoms with Gasteiger partial charge in [-0.3, -0.25) is 4.79 Å². The van der Waals surface area contributed by atoms with Gasteiger partial charge in [-0.25, -0.2) is 0 Å². The van der Waals surface area contributed by atoms with Crippen molar-refractivity contribution in [2.24, 2.45) is 5.92 Å². The molecule has 0 radical (unpaired) electrons. The molecule has 2 nitrogen and oxygen atoms in total. The number of unbranched alkanes of at least 4 members (excludes halogenated alkanes) is 1. The van der Waals surface area contributed by atoms with Gasteiger partial charge in [0, 0.05) is 6.42 Å². The SMILES string of the molecule is CCCCOC(=O)CCCC1CCCCC1. The van der Waals surface area contributed by atoms with Gasteiger partial charge in [0.2, 0.25) is 0 Å². The number of carbonyl (C=O) groups is 1. The molecule has 2 heteroatoms. The summed E-state index contributed by atoms with van der Waals surface area (Å²) in [5.74, 6) is 0.890. The Kier molecular flexibility index (Phi) is 7.28. The summed E-state index contributed by atoms with van der Waals surface area (Å²) >= 11 is 0. The minimum Gasteiger partial charge on any atom is -0.466 e. The third-order valence-corrected chi connectivity index (χ3v) is 3.48. The van der Waals surface area contributed by atoms with Gasteiger partial charge in [-0.1, -0.05) is 45.4 Å². The zero-order valence-electron chi connectivity index (χ0n) is 10.7. The van der Waals surface area contributed by atoms with Crippen LogP contribution >= 0.6 is 0 Å². The predicted octanol–water partition coefficient (Wildman–Crippen LogP) is 4.08. The molecule has 0 aromatic heterocycles. The van der Waals surface area contributed by atoms with Crippen LogP contribution in [0.4, 0.5) is 0 Å². The van der Waals surface area contributed by atoms with E-state index in [2.05, 4.69) is 6.92 Å². The first-order valence-electron chi connectivity index (χ1n) is 6.98. The highest BCUT2D eigenvalue weighted by molar-refractivity contribution is 5.69. The van der Waals surface area contributed by atoms with E-state index in [1.54, 1.807) is 0 Å². The lowest BCUT2D eigenvalue weighted by atomic mass is 9.86. The second-order valence-electron chi connectivity index (χ2n) is 4.97. The van der Waals surface area contributed by atoms with Crippen LogP contribution in [0.15, 0.2) is 0 Å². The van der Waals surface area contributed by atoms with Crippen molar-refractivity contribution in [2.75, 3.05) is 6.61 Å². The van der Waals surface area contributed by atoms with Crippen LogP contribution < -0.4 is 0 Å². The van der Waals surface area contributed by atoms with E-state index in [-0.39, 0.29) is 5.97 Å². The fraction of sp³-hybridized carbons (Fsp3) is 0.929. The minimum atomic E-state index is 0.00394. The molecule has 0 spiro atoms. The average molecular weight is 226 g/mol. The Hall–Kier alpha value is -0.530. The lowest BCUT2D eigenvalue weighted by Crippen LogP contribution is -2.09. The molecule has 0 aromatic carbocycles. The highest BCUT2D eigenvalue weighted by Crippen LogP contribution is 2.27. The third kappa shape index (κ3) is 6.14. The van der Waals surface area contributed by atoms with E-state index in [0.29, 0.717) is 13.0 Å². The van der Waals surface area contributed by atoms with Crippen LogP contribution in [0, 0.1) is 5.92 Å². The van der Waals surface area contributed by atoms with Gasteiger partial charge < -0.3 is 4.74 Å². The van der Waals surface area contributed by atoms with Crippen LogP contribution in [0.1, 0.15) is 71.1 Å². The summed E-state index contributed by atoms with van der Waals surface area (Å²) in [5, 5.41) is 0. The monoisotopic (exact) mass is 226 g/mol. The molecule has 0 aliphatic heterocycles. The van der Waals surface area contributed by atoms with Crippen molar-refractivity contribution in [3.05, 3.63) is 0 Å². The molecule has 94 valence electrons. The number of carbonyl (C=O) groups excluding carboxylic acids is 1. The van der Waals surface area contributed by atoms with Crippen molar-refractivity contribution in [3.63, 3.8) is 0 Å². The van der Waals surface area contributed by atoms with Gasteiger partial charge in [0.1, 0.15) is 0 Å². The van der Waals surface area contributed by atoms with Gasteiger partial charge in [-0.2, -0.15) is 0 Å². The van der Waals surface area contributed by atoms with E-state index in [0.717, 1.165) is 25.2 Å². The minimum absolute atomic E-state index is 0.00394. The van der Waals surface area contributed by atoms with Gasteiger partial charge in [-0.15, -0.1) is 0 Å².